The molecule has 6 nitrogen and oxygen atoms in total. The molecule has 1 rings (SSSR count). The molecular weight excluding hydrogens is 230 g/mol. The van der Waals surface area contributed by atoms with E-state index in [4.69, 9.17) is 5.84 Å². The van der Waals surface area contributed by atoms with Crippen molar-refractivity contribution >= 4 is 11.6 Å². The van der Waals surface area contributed by atoms with Crippen molar-refractivity contribution in [3.8, 4) is 0 Å². The maximum Gasteiger partial charge on any atom is 0.148 e. The molecule has 0 saturated heterocycles. The van der Waals surface area contributed by atoms with Crippen LogP contribution in [0.25, 0.3) is 0 Å². The monoisotopic (exact) mass is 253 g/mol. The second-order valence-corrected chi connectivity index (χ2v) is 5.10. The molecule has 0 radical (unpaired) electrons. The molecule has 4 N–H and O–H groups in total. The summed E-state index contributed by atoms with van der Waals surface area (Å²) in [4.78, 5) is 10.7. The second kappa shape index (κ2) is 5.49. The summed E-state index contributed by atoms with van der Waals surface area (Å²) in [5.41, 5.74) is 2.68. The topological polar surface area (TPSA) is 87.3 Å². The van der Waals surface area contributed by atoms with Gasteiger partial charge in [-0.3, -0.25) is 0 Å². The molecule has 0 atom stereocenters. The molecule has 18 heavy (non-hydrogen) atoms. The van der Waals surface area contributed by atoms with Gasteiger partial charge in [-0.15, -0.1) is 0 Å². The number of nitrogen functional groups attached to an aromatic ring is 1. The predicted octanol–water partition coefficient (Wildman–Crippen LogP) is 0.840. The predicted molar refractivity (Wildman–Crippen MR) is 73.5 cm³/mol. The number of likely N-dealkylation sites (N-methyl/N-ethyl adjacent to an activating group) is 1. The molecule has 0 saturated carbocycles. The van der Waals surface area contributed by atoms with E-state index in [9.17, 15) is 5.11 Å². The van der Waals surface area contributed by atoms with Crippen molar-refractivity contribution in [2.24, 2.45) is 5.84 Å². The van der Waals surface area contributed by atoms with Crippen LogP contribution in [-0.2, 0) is 6.42 Å². The first-order chi connectivity index (χ1) is 8.28. The van der Waals surface area contributed by atoms with E-state index in [1.165, 1.54) is 0 Å². The summed E-state index contributed by atoms with van der Waals surface area (Å²) in [6, 6.07) is 0. The lowest BCUT2D eigenvalue weighted by molar-refractivity contribution is 0.0884. The van der Waals surface area contributed by atoms with Crippen LogP contribution < -0.4 is 16.2 Å². The van der Waals surface area contributed by atoms with Crippen molar-refractivity contribution in [3.05, 3.63) is 11.4 Å². The number of aryl methyl sites for hydroxylation is 1. The van der Waals surface area contributed by atoms with Crippen molar-refractivity contribution in [2.45, 2.75) is 39.7 Å². The van der Waals surface area contributed by atoms with Crippen LogP contribution in [0, 0.1) is 6.92 Å². The molecule has 0 fully saturated rings. The third-order valence-electron chi connectivity index (χ3n) is 2.61. The van der Waals surface area contributed by atoms with Gasteiger partial charge in [0.15, 0.2) is 0 Å². The number of aromatic nitrogens is 2. The normalized spacial score (nSPS) is 11.5. The van der Waals surface area contributed by atoms with Gasteiger partial charge in [-0.2, -0.15) is 0 Å². The van der Waals surface area contributed by atoms with Crippen molar-refractivity contribution in [2.75, 3.05) is 23.9 Å². The van der Waals surface area contributed by atoms with Crippen LogP contribution >= 0.6 is 0 Å². The maximum absolute atomic E-state index is 9.87. The molecule has 102 valence electrons. The minimum absolute atomic E-state index is 0.484. The number of aliphatic hydroxyl groups is 1. The zero-order valence-electron chi connectivity index (χ0n) is 11.8. The molecule has 0 amide bonds. The number of nitrogens with one attached hydrogen (secondary N) is 1. The van der Waals surface area contributed by atoms with Gasteiger partial charge in [0.05, 0.1) is 5.60 Å². The summed E-state index contributed by atoms with van der Waals surface area (Å²) in [7, 11) is 1.90. The van der Waals surface area contributed by atoms with Crippen LogP contribution in [-0.4, -0.2) is 34.3 Å². The largest absolute Gasteiger partial charge is 0.389 e. The first kappa shape index (κ1) is 14.7. The number of rotatable bonds is 5. The first-order valence-corrected chi connectivity index (χ1v) is 6.06. The molecule has 0 aliphatic rings. The molecule has 0 bridgehead atoms. The van der Waals surface area contributed by atoms with E-state index in [2.05, 4.69) is 15.4 Å². The Morgan fingerprint density at radius 3 is 2.44 bits per heavy atom. The van der Waals surface area contributed by atoms with E-state index in [0.717, 1.165) is 23.6 Å². The Hall–Kier alpha value is -1.40. The summed E-state index contributed by atoms with van der Waals surface area (Å²) in [6.45, 7) is 7.92. The molecule has 1 heterocycles. The van der Waals surface area contributed by atoms with Crippen LogP contribution in [0.15, 0.2) is 0 Å². The molecule has 0 aliphatic heterocycles. The summed E-state index contributed by atoms with van der Waals surface area (Å²) in [5, 5.41) is 9.87. The van der Waals surface area contributed by atoms with Crippen LogP contribution in [0.5, 0.6) is 0 Å². The smallest absolute Gasteiger partial charge is 0.148 e. The molecule has 0 spiro atoms. The average Bonchev–Trinajstić information content (AvgIpc) is 2.27. The minimum Gasteiger partial charge on any atom is -0.389 e. The van der Waals surface area contributed by atoms with E-state index in [0.29, 0.717) is 12.4 Å². The van der Waals surface area contributed by atoms with Gasteiger partial charge in [-0.25, -0.2) is 15.8 Å². The standard InChI is InChI=1S/C12H23N5O/c1-6-9-14-10(16-13)8(2)11(15-9)17(5)7-12(3,4)18/h18H,6-7,13H2,1-5H3,(H,14,15,16). The Morgan fingerprint density at radius 1 is 1.39 bits per heavy atom. The molecule has 0 aromatic carbocycles. The molecule has 0 aliphatic carbocycles. The molecule has 6 heteroatoms. The Kier molecular flexibility index (Phi) is 4.48. The zero-order valence-corrected chi connectivity index (χ0v) is 11.8. The number of anilines is 2. The molecule has 1 aromatic rings. The number of hydrazine groups is 1. The third-order valence-corrected chi connectivity index (χ3v) is 2.61. The third kappa shape index (κ3) is 3.54. The SMILES string of the molecule is CCc1nc(NN)c(C)c(N(C)CC(C)(C)O)n1. The Bertz CT molecular complexity index is 414. The Morgan fingerprint density at radius 2 is 2.00 bits per heavy atom. The lowest BCUT2D eigenvalue weighted by Gasteiger charge is -2.28. The van der Waals surface area contributed by atoms with Crippen LogP contribution in [0.4, 0.5) is 11.6 Å². The van der Waals surface area contributed by atoms with E-state index in [-0.39, 0.29) is 0 Å². The van der Waals surface area contributed by atoms with E-state index in [1.807, 2.05) is 25.8 Å². The van der Waals surface area contributed by atoms with Gasteiger partial charge in [-0.1, -0.05) is 6.92 Å². The van der Waals surface area contributed by atoms with Crippen molar-refractivity contribution < 1.29 is 5.11 Å². The van der Waals surface area contributed by atoms with Crippen molar-refractivity contribution in [3.63, 3.8) is 0 Å². The second-order valence-electron chi connectivity index (χ2n) is 5.10. The highest BCUT2D eigenvalue weighted by Gasteiger charge is 2.20. The van der Waals surface area contributed by atoms with Crippen molar-refractivity contribution in [1.29, 1.82) is 0 Å². The van der Waals surface area contributed by atoms with Gasteiger partial charge < -0.3 is 15.4 Å². The summed E-state index contributed by atoms with van der Waals surface area (Å²) in [6.07, 6.45) is 0.734. The molecular formula is C12H23N5O. The van der Waals surface area contributed by atoms with Crippen LogP contribution in [0.2, 0.25) is 0 Å². The van der Waals surface area contributed by atoms with E-state index < -0.39 is 5.60 Å². The number of hydrogen-bond donors (Lipinski definition) is 3. The summed E-state index contributed by atoms with van der Waals surface area (Å²) >= 11 is 0. The van der Waals surface area contributed by atoms with Crippen LogP contribution in [0.3, 0.4) is 0 Å². The highest BCUT2D eigenvalue weighted by Crippen LogP contribution is 2.23. The van der Waals surface area contributed by atoms with Crippen LogP contribution in [0.1, 0.15) is 32.2 Å². The van der Waals surface area contributed by atoms with Gasteiger partial charge >= 0.3 is 0 Å². The zero-order chi connectivity index (χ0) is 13.9. The highest BCUT2D eigenvalue weighted by atomic mass is 16.3. The quantitative estimate of drug-likeness (QED) is 0.532. The first-order valence-electron chi connectivity index (χ1n) is 6.06. The summed E-state index contributed by atoms with van der Waals surface area (Å²) < 4.78 is 0. The molecule has 0 unspecified atom stereocenters. The van der Waals surface area contributed by atoms with Gasteiger partial charge in [-0.05, 0) is 20.8 Å². The fourth-order valence-electron chi connectivity index (χ4n) is 1.88. The van der Waals surface area contributed by atoms with E-state index in [1.54, 1.807) is 13.8 Å². The number of nitrogens with two attached hydrogens (primary N) is 1. The van der Waals surface area contributed by atoms with Gasteiger partial charge in [0.2, 0.25) is 0 Å². The minimum atomic E-state index is -0.783. The molecule has 1 aromatic heterocycles. The van der Waals surface area contributed by atoms with Gasteiger partial charge in [0.1, 0.15) is 17.5 Å². The summed E-state index contributed by atoms with van der Waals surface area (Å²) in [5.74, 6) is 7.60. The average molecular weight is 253 g/mol. The Balaban J connectivity index is 3.14. The van der Waals surface area contributed by atoms with Gasteiger partial charge in [0.25, 0.3) is 0 Å². The number of hydrogen-bond acceptors (Lipinski definition) is 6. The van der Waals surface area contributed by atoms with E-state index >= 15 is 0 Å². The highest BCUT2D eigenvalue weighted by molar-refractivity contribution is 5.58. The fraction of sp³-hybridized carbons (Fsp3) is 0.667. The lowest BCUT2D eigenvalue weighted by Crippen LogP contribution is -2.37. The lowest BCUT2D eigenvalue weighted by atomic mass is 10.1. The number of nitrogens with zero attached hydrogens (tertiary/aromatic N) is 3. The fourth-order valence-corrected chi connectivity index (χ4v) is 1.88. The van der Waals surface area contributed by atoms with Gasteiger partial charge in [0, 0.05) is 25.6 Å². The maximum atomic E-state index is 9.87. The van der Waals surface area contributed by atoms with Crippen molar-refractivity contribution in [1.82, 2.24) is 9.97 Å². The Labute approximate surface area is 108 Å².